The second-order valence-electron chi connectivity index (χ2n) is 8.58. The molecule has 3 rings (SSSR count). The van der Waals surface area contributed by atoms with E-state index in [1.54, 1.807) is 6.92 Å². The molecule has 0 saturated carbocycles. The lowest BCUT2D eigenvalue weighted by atomic mass is 9.96. The summed E-state index contributed by atoms with van der Waals surface area (Å²) >= 11 is 0. The van der Waals surface area contributed by atoms with Crippen molar-refractivity contribution in [2.45, 2.75) is 84.5 Å². The Labute approximate surface area is 210 Å². The number of fused-ring (bicyclic) bond motifs is 3. The molecule has 36 heavy (non-hydrogen) atoms. The van der Waals surface area contributed by atoms with Gasteiger partial charge in [0.1, 0.15) is 17.3 Å². The van der Waals surface area contributed by atoms with Gasteiger partial charge in [0.2, 0.25) is 0 Å². The number of unbranched alkanes of at least 4 members (excludes halogenated alkanes) is 2. The molecule has 0 radical (unpaired) electrons. The molecule has 2 N–H and O–H groups in total. The Bertz CT molecular complexity index is 970. The number of hydrogen-bond acceptors (Lipinski definition) is 7. The number of halogens is 3. The number of carbonyl (C=O) groups excluding carboxylic acids is 1. The molecule has 7 nitrogen and oxygen atoms in total. The highest BCUT2D eigenvalue weighted by Gasteiger charge is 2.33. The Morgan fingerprint density at radius 2 is 1.94 bits per heavy atom. The first kappa shape index (κ1) is 29.4. The summed E-state index contributed by atoms with van der Waals surface area (Å²) in [6, 6.07) is 3.96. The highest BCUT2D eigenvalue weighted by Crippen LogP contribution is 2.40. The number of carbonyl (C=O) groups is 1. The number of nitrogens with zero attached hydrogens (tertiary/aromatic N) is 2. The van der Waals surface area contributed by atoms with Crippen LogP contribution in [-0.2, 0) is 33.5 Å². The van der Waals surface area contributed by atoms with Crippen LogP contribution in [0.2, 0.25) is 0 Å². The molecule has 1 aliphatic rings. The quantitative estimate of drug-likeness (QED) is 0.302. The molecule has 0 aliphatic carbocycles. The third-order valence-corrected chi connectivity index (χ3v) is 5.86. The maximum atomic E-state index is 13.2. The first-order chi connectivity index (χ1) is 17.2. The lowest BCUT2D eigenvalue weighted by Gasteiger charge is -2.19. The number of phenols is 1. The van der Waals surface area contributed by atoms with Crippen LogP contribution in [0.25, 0.3) is 11.3 Å². The third kappa shape index (κ3) is 8.65. The van der Waals surface area contributed by atoms with Gasteiger partial charge >= 0.3 is 6.18 Å². The molecule has 0 saturated heterocycles. The van der Waals surface area contributed by atoms with E-state index in [1.165, 1.54) is 6.42 Å². The van der Waals surface area contributed by atoms with Crippen LogP contribution in [0, 0.1) is 0 Å². The number of aromatic hydroxyl groups is 1. The topological polar surface area (TPSA) is 93.6 Å². The average molecular weight is 512 g/mol. The van der Waals surface area contributed by atoms with E-state index in [0.29, 0.717) is 44.0 Å². The Kier molecular flexibility index (Phi) is 11.9. The van der Waals surface area contributed by atoms with Crippen LogP contribution in [0.5, 0.6) is 5.75 Å². The summed E-state index contributed by atoms with van der Waals surface area (Å²) < 4.78 is 49.4. The summed E-state index contributed by atoms with van der Waals surface area (Å²) in [6.45, 7) is 7.35. The standard InChI is InChI=1S/C23H30F3N3O2.C3H6O2/c1-3-5-6-9-18(4-2)27-20-12-15-8-7-10-31-14-16-11-17(23(24,25)26)13-19(30)21(16)22(15)29-28-20;1-2-5-3-4/h11-13,18,30H,3-10,14H2,1-2H3,(H,27,28);3H,2H2,1H3. The van der Waals surface area contributed by atoms with Gasteiger partial charge in [0.25, 0.3) is 6.47 Å². The predicted molar refractivity (Wildman–Crippen MR) is 132 cm³/mol. The van der Waals surface area contributed by atoms with Crippen molar-refractivity contribution in [1.82, 2.24) is 10.2 Å². The van der Waals surface area contributed by atoms with Crippen LogP contribution in [-0.4, -0.2) is 41.0 Å². The molecule has 200 valence electrons. The molecular weight excluding hydrogens is 475 g/mol. The van der Waals surface area contributed by atoms with E-state index in [4.69, 9.17) is 4.74 Å². The molecule has 0 spiro atoms. The summed E-state index contributed by atoms with van der Waals surface area (Å²) in [5, 5.41) is 22.5. The Hall–Kier alpha value is -2.88. The lowest BCUT2D eigenvalue weighted by molar-refractivity contribution is -0.137. The van der Waals surface area contributed by atoms with Crippen LogP contribution in [0.4, 0.5) is 19.0 Å². The zero-order chi connectivity index (χ0) is 26.6. The number of nitrogens with one attached hydrogen (secondary N) is 1. The van der Waals surface area contributed by atoms with Crippen molar-refractivity contribution in [2.75, 3.05) is 18.5 Å². The minimum Gasteiger partial charge on any atom is -0.507 e. The van der Waals surface area contributed by atoms with Crippen molar-refractivity contribution in [3.63, 3.8) is 0 Å². The fourth-order valence-corrected chi connectivity index (χ4v) is 3.98. The maximum absolute atomic E-state index is 13.2. The molecule has 2 heterocycles. The molecule has 1 unspecified atom stereocenters. The van der Waals surface area contributed by atoms with Crippen LogP contribution in [0.3, 0.4) is 0 Å². The van der Waals surface area contributed by atoms with Gasteiger partial charge in [-0.15, -0.1) is 10.2 Å². The van der Waals surface area contributed by atoms with Gasteiger partial charge < -0.3 is 19.9 Å². The monoisotopic (exact) mass is 511 g/mol. The molecule has 1 aliphatic heterocycles. The number of benzene rings is 1. The van der Waals surface area contributed by atoms with Crippen molar-refractivity contribution in [3.8, 4) is 17.0 Å². The maximum Gasteiger partial charge on any atom is 0.416 e. The fourth-order valence-electron chi connectivity index (χ4n) is 3.98. The van der Waals surface area contributed by atoms with E-state index in [2.05, 4.69) is 34.1 Å². The van der Waals surface area contributed by atoms with Crippen LogP contribution in [0.1, 0.15) is 76.0 Å². The number of rotatable bonds is 9. The number of hydrogen-bond donors (Lipinski definition) is 2. The van der Waals surface area contributed by atoms with E-state index < -0.39 is 17.5 Å². The first-order valence-corrected chi connectivity index (χ1v) is 12.4. The molecule has 0 bridgehead atoms. The van der Waals surface area contributed by atoms with Gasteiger partial charge in [-0.1, -0.05) is 33.1 Å². The Morgan fingerprint density at radius 3 is 2.56 bits per heavy atom. The molecule has 0 fully saturated rings. The average Bonchev–Trinajstić information content (AvgIpc) is 2.92. The highest BCUT2D eigenvalue weighted by atomic mass is 19.4. The summed E-state index contributed by atoms with van der Waals surface area (Å²) in [4.78, 5) is 9.18. The molecule has 0 amide bonds. The Morgan fingerprint density at radius 1 is 1.17 bits per heavy atom. The van der Waals surface area contributed by atoms with E-state index in [1.807, 2.05) is 6.07 Å². The molecule has 10 heteroatoms. The van der Waals surface area contributed by atoms with Crippen LogP contribution in [0.15, 0.2) is 18.2 Å². The summed E-state index contributed by atoms with van der Waals surface area (Å²) in [5.41, 5.74) is 0.867. The second kappa shape index (κ2) is 14.6. The number of aryl methyl sites for hydroxylation is 1. The van der Waals surface area contributed by atoms with Gasteiger partial charge in [-0.2, -0.15) is 13.2 Å². The van der Waals surface area contributed by atoms with Crippen LogP contribution >= 0.6 is 0 Å². The van der Waals surface area contributed by atoms with E-state index in [0.717, 1.165) is 43.4 Å². The number of ether oxygens (including phenoxy) is 2. The van der Waals surface area contributed by atoms with E-state index >= 15 is 0 Å². The minimum atomic E-state index is -4.56. The van der Waals surface area contributed by atoms with Crippen molar-refractivity contribution < 1.29 is 32.5 Å². The van der Waals surface area contributed by atoms with Crippen molar-refractivity contribution in [2.24, 2.45) is 0 Å². The van der Waals surface area contributed by atoms with Crippen molar-refractivity contribution in [1.29, 1.82) is 0 Å². The molecule has 1 atom stereocenters. The fraction of sp³-hybridized carbons (Fsp3) is 0.577. The van der Waals surface area contributed by atoms with Gasteiger partial charge in [-0.3, -0.25) is 4.79 Å². The van der Waals surface area contributed by atoms with Crippen molar-refractivity contribution >= 4 is 12.3 Å². The Balaban J connectivity index is 0.000000830. The summed E-state index contributed by atoms with van der Waals surface area (Å²) in [7, 11) is 0. The zero-order valence-corrected chi connectivity index (χ0v) is 21.2. The molecule has 1 aromatic carbocycles. The van der Waals surface area contributed by atoms with Gasteiger partial charge in [0, 0.05) is 18.2 Å². The summed E-state index contributed by atoms with van der Waals surface area (Å²) in [5.74, 6) is 0.188. The first-order valence-electron chi connectivity index (χ1n) is 12.4. The van der Waals surface area contributed by atoms with Crippen molar-refractivity contribution in [3.05, 3.63) is 34.9 Å². The second-order valence-corrected chi connectivity index (χ2v) is 8.58. The smallest absolute Gasteiger partial charge is 0.416 e. The molecule has 1 aromatic heterocycles. The third-order valence-electron chi connectivity index (χ3n) is 5.86. The van der Waals surface area contributed by atoms with Gasteiger partial charge in [-0.05, 0) is 61.9 Å². The van der Waals surface area contributed by atoms with Gasteiger partial charge in [0.15, 0.2) is 0 Å². The SMILES string of the molecule is CCCCCC(CC)Nc1cc2c(nn1)-c1c(O)cc(C(F)(F)F)cc1COCCC2.CCOC=O. The largest absolute Gasteiger partial charge is 0.507 e. The van der Waals surface area contributed by atoms with E-state index in [-0.39, 0.29) is 23.8 Å². The van der Waals surface area contributed by atoms with Gasteiger partial charge in [-0.25, -0.2) is 0 Å². The normalized spacial score (nSPS) is 14.1. The minimum absolute atomic E-state index is 0.0245. The predicted octanol–water partition coefficient (Wildman–Crippen LogP) is 6.28. The zero-order valence-electron chi connectivity index (χ0n) is 21.2. The highest BCUT2D eigenvalue weighted by molar-refractivity contribution is 5.74. The summed E-state index contributed by atoms with van der Waals surface area (Å²) in [6.07, 6.45) is 2.26. The molecular formula is C26H36F3N3O4. The number of anilines is 1. The lowest BCUT2D eigenvalue weighted by Crippen LogP contribution is -2.19. The number of alkyl halides is 3. The number of phenolic OH excluding ortho intramolecular Hbond substituents is 1. The van der Waals surface area contributed by atoms with E-state index in [9.17, 15) is 23.1 Å². The molecule has 2 aromatic rings. The number of aromatic nitrogens is 2. The van der Waals surface area contributed by atoms with Crippen LogP contribution < -0.4 is 5.32 Å². The van der Waals surface area contributed by atoms with Gasteiger partial charge in [0.05, 0.1) is 18.8 Å².